The van der Waals surface area contributed by atoms with Crippen molar-refractivity contribution in [3.05, 3.63) is 32.7 Å². The van der Waals surface area contributed by atoms with Gasteiger partial charge in [-0.15, -0.1) is 0 Å². The molecule has 2 nitrogen and oxygen atoms in total. The molecule has 0 N–H and O–H groups in total. The normalized spacial score (nSPS) is 10.3. The van der Waals surface area contributed by atoms with Crippen molar-refractivity contribution in [2.75, 3.05) is 18.5 Å². The predicted octanol–water partition coefficient (Wildman–Crippen LogP) is 6.64. The summed E-state index contributed by atoms with van der Waals surface area (Å²) in [4.78, 5) is 0. The molecule has 1 aromatic rings. The largest absolute Gasteiger partial charge is 0.490 e. The molecule has 0 unspecified atom stereocenters. The van der Waals surface area contributed by atoms with Crippen molar-refractivity contribution in [2.45, 2.75) is 19.3 Å². The molecule has 0 aliphatic rings. The zero-order valence-corrected chi connectivity index (χ0v) is 15.8. The molecule has 1 aromatic carbocycles. The van der Waals surface area contributed by atoms with Crippen LogP contribution in [-0.2, 0) is 0 Å². The fourth-order valence-electron chi connectivity index (χ4n) is 1.51. The summed E-state index contributed by atoms with van der Waals surface area (Å²) in [5.74, 6) is 1.01. The molecule has 0 aromatic heterocycles. The first kappa shape index (κ1) is 19.2. The molecule has 0 amide bonds. The third-order valence-corrected chi connectivity index (χ3v) is 3.91. The van der Waals surface area contributed by atoms with Crippen LogP contribution in [0.3, 0.4) is 0 Å². The van der Waals surface area contributed by atoms with E-state index in [1.54, 1.807) is 12.1 Å². The Morgan fingerprint density at radius 2 is 1.71 bits per heavy atom. The monoisotopic (exact) mass is 434 g/mol. The van der Waals surface area contributed by atoms with Crippen molar-refractivity contribution in [2.24, 2.45) is 0 Å². The van der Waals surface area contributed by atoms with Crippen molar-refractivity contribution >= 4 is 62.3 Å². The van der Waals surface area contributed by atoms with Crippen molar-refractivity contribution < 1.29 is 9.47 Å². The molecule has 1 rings (SSSR count). The molecule has 0 atom stereocenters. The van der Waals surface area contributed by atoms with E-state index in [9.17, 15) is 0 Å². The van der Waals surface area contributed by atoms with Crippen molar-refractivity contribution in [1.29, 1.82) is 0 Å². The number of unbranched alkanes of at least 4 members (excludes halogenated alkanes) is 2. The fraction of sp³-hybridized carbons (Fsp3) is 0.429. The second-order valence-electron chi connectivity index (χ2n) is 4.12. The molecule has 0 bridgehead atoms. The van der Waals surface area contributed by atoms with Crippen LogP contribution in [0, 0.1) is 0 Å². The highest BCUT2D eigenvalue weighted by atomic mass is 79.9. The van der Waals surface area contributed by atoms with Crippen LogP contribution in [0.4, 0.5) is 0 Å². The summed E-state index contributed by atoms with van der Waals surface area (Å²) in [5, 5.41) is 1.83. The second kappa shape index (κ2) is 10.8. The van der Waals surface area contributed by atoms with Gasteiger partial charge in [0, 0.05) is 17.5 Å². The standard InChI is InChI=1S/C14H15BrCl4O2/c15-5-2-1-3-6-21-14-11(16)8-10(9-12(14)17)20-7-4-13(18)19/h4,8-9H,1-3,5-7H2. The van der Waals surface area contributed by atoms with Crippen LogP contribution in [0.1, 0.15) is 19.3 Å². The molecule has 0 saturated carbocycles. The van der Waals surface area contributed by atoms with Gasteiger partial charge in [-0.2, -0.15) is 0 Å². The smallest absolute Gasteiger partial charge is 0.156 e. The molecule has 0 spiro atoms. The van der Waals surface area contributed by atoms with Crippen molar-refractivity contribution in [3.63, 3.8) is 0 Å². The van der Waals surface area contributed by atoms with Crippen LogP contribution < -0.4 is 9.47 Å². The zero-order chi connectivity index (χ0) is 15.7. The topological polar surface area (TPSA) is 18.5 Å². The van der Waals surface area contributed by atoms with Gasteiger partial charge in [0.1, 0.15) is 16.8 Å². The quantitative estimate of drug-likeness (QED) is 0.319. The average molecular weight is 437 g/mol. The molecule has 0 saturated heterocycles. The van der Waals surface area contributed by atoms with Crippen LogP contribution in [0.5, 0.6) is 11.5 Å². The Labute approximate surface area is 153 Å². The summed E-state index contributed by atoms with van der Waals surface area (Å²) >= 11 is 26.7. The fourth-order valence-corrected chi connectivity index (χ4v) is 2.60. The van der Waals surface area contributed by atoms with E-state index in [1.165, 1.54) is 6.08 Å². The molecule has 21 heavy (non-hydrogen) atoms. The lowest BCUT2D eigenvalue weighted by molar-refractivity contribution is 0.305. The van der Waals surface area contributed by atoms with Crippen molar-refractivity contribution in [1.82, 2.24) is 0 Å². The van der Waals surface area contributed by atoms with Crippen LogP contribution in [0.2, 0.25) is 10.0 Å². The third kappa shape index (κ3) is 7.85. The highest BCUT2D eigenvalue weighted by molar-refractivity contribution is 9.09. The van der Waals surface area contributed by atoms with E-state index in [1.807, 2.05) is 0 Å². The van der Waals surface area contributed by atoms with Crippen LogP contribution in [-0.4, -0.2) is 18.5 Å². The van der Waals surface area contributed by atoms with E-state index in [0.29, 0.717) is 28.2 Å². The minimum atomic E-state index is 0.149. The minimum Gasteiger partial charge on any atom is -0.490 e. The van der Waals surface area contributed by atoms with Gasteiger partial charge >= 0.3 is 0 Å². The summed E-state index contributed by atoms with van der Waals surface area (Å²) in [5.41, 5.74) is 0. The third-order valence-electron chi connectivity index (χ3n) is 2.48. The van der Waals surface area contributed by atoms with Gasteiger partial charge in [-0.25, -0.2) is 0 Å². The predicted molar refractivity (Wildman–Crippen MR) is 94.9 cm³/mol. The second-order valence-corrected chi connectivity index (χ2v) is 6.73. The van der Waals surface area contributed by atoms with E-state index < -0.39 is 0 Å². The van der Waals surface area contributed by atoms with Gasteiger partial charge in [-0.3, -0.25) is 0 Å². The molecule has 0 aliphatic heterocycles. The maximum absolute atomic E-state index is 6.15. The summed E-state index contributed by atoms with van der Waals surface area (Å²) in [7, 11) is 0. The van der Waals surface area contributed by atoms with E-state index >= 15 is 0 Å². The first-order valence-electron chi connectivity index (χ1n) is 6.36. The molecule has 0 radical (unpaired) electrons. The van der Waals surface area contributed by atoms with E-state index in [-0.39, 0.29) is 11.1 Å². The lowest BCUT2D eigenvalue weighted by Crippen LogP contribution is -2.00. The summed E-state index contributed by atoms with van der Waals surface area (Å²) < 4.78 is 11.2. The van der Waals surface area contributed by atoms with E-state index in [0.717, 1.165) is 24.6 Å². The molecule has 0 heterocycles. The Kier molecular flexibility index (Phi) is 9.94. The lowest BCUT2D eigenvalue weighted by Gasteiger charge is -2.12. The Bertz CT molecular complexity index is 453. The van der Waals surface area contributed by atoms with E-state index in [2.05, 4.69) is 15.9 Å². The van der Waals surface area contributed by atoms with Gasteiger partial charge < -0.3 is 9.47 Å². The van der Waals surface area contributed by atoms with E-state index in [4.69, 9.17) is 55.9 Å². The average Bonchev–Trinajstić information content (AvgIpc) is 2.40. The maximum atomic E-state index is 6.15. The molecular weight excluding hydrogens is 422 g/mol. The summed E-state index contributed by atoms with van der Waals surface area (Å²) in [6.07, 6.45) is 4.69. The number of ether oxygens (including phenoxy) is 2. The maximum Gasteiger partial charge on any atom is 0.156 e. The van der Waals surface area contributed by atoms with Crippen molar-refractivity contribution in [3.8, 4) is 11.5 Å². The van der Waals surface area contributed by atoms with Gasteiger partial charge in [0.05, 0.1) is 16.7 Å². The number of hydrogen-bond donors (Lipinski definition) is 0. The lowest BCUT2D eigenvalue weighted by atomic mass is 10.2. The Morgan fingerprint density at radius 1 is 1.05 bits per heavy atom. The van der Waals surface area contributed by atoms with Crippen LogP contribution in [0.15, 0.2) is 22.7 Å². The van der Waals surface area contributed by atoms with Crippen LogP contribution >= 0.6 is 62.3 Å². The van der Waals surface area contributed by atoms with Crippen LogP contribution in [0.25, 0.3) is 0 Å². The Morgan fingerprint density at radius 3 is 2.29 bits per heavy atom. The summed E-state index contributed by atoms with van der Waals surface area (Å²) in [6.45, 7) is 0.818. The Balaban J connectivity index is 2.56. The van der Waals surface area contributed by atoms with Gasteiger partial charge in [-0.05, 0) is 25.3 Å². The van der Waals surface area contributed by atoms with Gasteiger partial charge in [-0.1, -0.05) is 62.3 Å². The zero-order valence-electron chi connectivity index (χ0n) is 11.2. The summed E-state index contributed by atoms with van der Waals surface area (Å²) in [6, 6.07) is 3.30. The van der Waals surface area contributed by atoms with Gasteiger partial charge in [0.25, 0.3) is 0 Å². The molecular formula is C14H15BrCl4O2. The van der Waals surface area contributed by atoms with Gasteiger partial charge in [0.15, 0.2) is 5.75 Å². The number of alkyl halides is 1. The first-order valence-corrected chi connectivity index (χ1v) is 8.99. The molecule has 118 valence electrons. The SMILES string of the molecule is ClC(Cl)=CCOc1cc(Cl)c(OCCCCCBr)c(Cl)c1. The van der Waals surface area contributed by atoms with Gasteiger partial charge in [0.2, 0.25) is 0 Å². The molecule has 7 heteroatoms. The number of benzene rings is 1. The number of rotatable bonds is 9. The highest BCUT2D eigenvalue weighted by Crippen LogP contribution is 2.37. The molecule has 0 fully saturated rings. The molecule has 0 aliphatic carbocycles. The number of halogens is 5. The first-order chi connectivity index (χ1) is 10.0. The minimum absolute atomic E-state index is 0.149. The Hall–Kier alpha value is 0.200. The highest BCUT2D eigenvalue weighted by Gasteiger charge is 2.10. The number of hydrogen-bond acceptors (Lipinski definition) is 2.